The molecule has 1 atom stereocenters. The summed E-state index contributed by atoms with van der Waals surface area (Å²) in [5.41, 5.74) is 0.884. The Bertz CT molecular complexity index is 813. The molecule has 1 heterocycles. The van der Waals surface area contributed by atoms with Crippen LogP contribution in [0.2, 0.25) is 0 Å². The second-order valence-electron chi connectivity index (χ2n) is 5.47. The fourth-order valence-electron chi connectivity index (χ4n) is 2.52. The number of anilines is 2. The third kappa shape index (κ3) is 4.06. The van der Waals surface area contributed by atoms with Gasteiger partial charge >= 0.3 is 0 Å². The monoisotopic (exact) mass is 358 g/mol. The van der Waals surface area contributed by atoms with Crippen LogP contribution in [0.3, 0.4) is 0 Å². The van der Waals surface area contributed by atoms with Crippen LogP contribution in [0.1, 0.15) is 6.42 Å². The molecule has 0 aromatic heterocycles. The third-order valence-electron chi connectivity index (χ3n) is 3.64. The molecule has 0 saturated carbocycles. The number of amides is 3. The number of para-hydroxylation sites is 1. The summed E-state index contributed by atoms with van der Waals surface area (Å²) in [4.78, 5) is 37.7. The van der Waals surface area contributed by atoms with E-state index >= 15 is 0 Å². The predicted molar refractivity (Wildman–Crippen MR) is 94.8 cm³/mol. The van der Waals surface area contributed by atoms with E-state index in [1.165, 1.54) is 18.2 Å². The number of benzene rings is 2. The van der Waals surface area contributed by atoms with Gasteiger partial charge in [0.1, 0.15) is 5.82 Å². The molecular weight excluding hydrogens is 343 g/mol. The van der Waals surface area contributed by atoms with Gasteiger partial charge in [0, 0.05) is 12.1 Å². The van der Waals surface area contributed by atoms with E-state index in [0.717, 1.165) is 16.7 Å². The highest BCUT2D eigenvalue weighted by atomic mass is 32.2. The molecule has 0 radical (unpaired) electrons. The molecule has 5 nitrogen and oxygen atoms in total. The van der Waals surface area contributed by atoms with Gasteiger partial charge in [-0.2, -0.15) is 0 Å². The van der Waals surface area contributed by atoms with Gasteiger partial charge in [-0.25, -0.2) is 9.29 Å². The minimum Gasteiger partial charge on any atom is -0.325 e. The first-order valence-electron chi connectivity index (χ1n) is 7.63. The van der Waals surface area contributed by atoms with Crippen LogP contribution in [0.15, 0.2) is 54.6 Å². The normalized spacial score (nSPS) is 17.0. The number of thioether (sulfide) groups is 1. The molecule has 2 aromatic carbocycles. The lowest BCUT2D eigenvalue weighted by atomic mass is 10.3. The van der Waals surface area contributed by atoms with E-state index in [1.54, 1.807) is 36.4 Å². The zero-order valence-corrected chi connectivity index (χ0v) is 14.0. The molecule has 0 unspecified atom stereocenters. The average Bonchev–Trinajstić information content (AvgIpc) is 2.87. The molecule has 1 aliphatic rings. The Morgan fingerprint density at radius 2 is 1.92 bits per heavy atom. The van der Waals surface area contributed by atoms with Crippen molar-refractivity contribution >= 4 is 40.9 Å². The molecule has 1 saturated heterocycles. The van der Waals surface area contributed by atoms with E-state index in [-0.39, 0.29) is 29.9 Å². The van der Waals surface area contributed by atoms with Crippen molar-refractivity contribution in [3.63, 3.8) is 0 Å². The van der Waals surface area contributed by atoms with Crippen molar-refractivity contribution in [2.75, 3.05) is 16.0 Å². The number of nitrogens with one attached hydrogen (secondary N) is 1. The number of carbonyl (C=O) groups excluding carboxylic acids is 3. The first kappa shape index (κ1) is 17.2. The number of carbonyl (C=O) groups is 3. The standard InChI is InChI=1S/C18H15FN2O3S/c19-12-5-4-6-13(9-12)20-16(22)11-25-15-10-17(23)21(18(15)24)14-7-2-1-3-8-14/h1-9,15H,10-11H2,(H,20,22)/t15-/m0/s1. The van der Waals surface area contributed by atoms with Crippen molar-refractivity contribution in [3.8, 4) is 0 Å². The molecule has 1 N–H and O–H groups in total. The summed E-state index contributed by atoms with van der Waals surface area (Å²) >= 11 is 1.11. The molecule has 0 aliphatic carbocycles. The minimum absolute atomic E-state index is 0.00281. The van der Waals surface area contributed by atoms with E-state index in [4.69, 9.17) is 0 Å². The lowest BCUT2D eigenvalue weighted by molar-refractivity contribution is -0.121. The van der Waals surface area contributed by atoms with Crippen LogP contribution in [-0.2, 0) is 14.4 Å². The topological polar surface area (TPSA) is 66.5 Å². The SMILES string of the molecule is O=C(CS[C@H]1CC(=O)N(c2ccccc2)C1=O)Nc1cccc(F)c1. The van der Waals surface area contributed by atoms with Crippen LogP contribution < -0.4 is 10.2 Å². The highest BCUT2D eigenvalue weighted by molar-refractivity contribution is 8.01. The highest BCUT2D eigenvalue weighted by Gasteiger charge is 2.39. The van der Waals surface area contributed by atoms with Crippen LogP contribution in [-0.4, -0.2) is 28.7 Å². The molecule has 128 valence electrons. The maximum Gasteiger partial charge on any atom is 0.247 e. The average molecular weight is 358 g/mol. The zero-order chi connectivity index (χ0) is 17.8. The zero-order valence-electron chi connectivity index (χ0n) is 13.1. The van der Waals surface area contributed by atoms with Gasteiger partial charge in [-0.1, -0.05) is 24.3 Å². The van der Waals surface area contributed by atoms with Gasteiger partial charge in [0.2, 0.25) is 17.7 Å². The molecule has 3 rings (SSSR count). The van der Waals surface area contributed by atoms with Gasteiger partial charge in [-0.3, -0.25) is 14.4 Å². The summed E-state index contributed by atoms with van der Waals surface area (Å²) in [6.07, 6.45) is 0.0612. The van der Waals surface area contributed by atoms with Gasteiger partial charge in [-0.05, 0) is 30.3 Å². The van der Waals surface area contributed by atoms with E-state index in [1.807, 2.05) is 0 Å². The Hall–Kier alpha value is -2.67. The van der Waals surface area contributed by atoms with Crippen molar-refractivity contribution in [2.45, 2.75) is 11.7 Å². The van der Waals surface area contributed by atoms with Crippen LogP contribution in [0, 0.1) is 5.82 Å². The third-order valence-corrected chi connectivity index (χ3v) is 4.84. The van der Waals surface area contributed by atoms with E-state index < -0.39 is 11.1 Å². The van der Waals surface area contributed by atoms with Crippen molar-refractivity contribution in [3.05, 3.63) is 60.4 Å². The van der Waals surface area contributed by atoms with Crippen molar-refractivity contribution < 1.29 is 18.8 Å². The number of imide groups is 1. The number of hydrogen-bond acceptors (Lipinski definition) is 4. The second kappa shape index (κ2) is 7.48. The molecule has 25 heavy (non-hydrogen) atoms. The summed E-state index contributed by atoms with van der Waals surface area (Å²) in [5, 5.41) is 1.97. The Balaban J connectivity index is 1.58. The molecule has 2 aromatic rings. The Morgan fingerprint density at radius 3 is 2.64 bits per heavy atom. The Morgan fingerprint density at radius 1 is 1.16 bits per heavy atom. The number of nitrogens with zero attached hydrogens (tertiary/aromatic N) is 1. The Kier molecular flexibility index (Phi) is 5.14. The molecule has 7 heteroatoms. The molecule has 3 amide bonds. The summed E-state index contributed by atoms with van der Waals surface area (Å²) in [7, 11) is 0. The van der Waals surface area contributed by atoms with E-state index in [2.05, 4.69) is 5.32 Å². The molecule has 0 bridgehead atoms. The number of halogens is 1. The maximum absolute atomic E-state index is 13.1. The Labute approximate surface area is 148 Å². The first-order chi connectivity index (χ1) is 12.0. The number of rotatable bonds is 5. The van der Waals surface area contributed by atoms with Crippen LogP contribution >= 0.6 is 11.8 Å². The van der Waals surface area contributed by atoms with Crippen LogP contribution in [0.4, 0.5) is 15.8 Å². The summed E-state index contributed by atoms with van der Waals surface area (Å²) < 4.78 is 13.1. The van der Waals surface area contributed by atoms with Gasteiger partial charge < -0.3 is 5.32 Å². The van der Waals surface area contributed by atoms with Crippen molar-refractivity contribution in [1.29, 1.82) is 0 Å². The minimum atomic E-state index is -0.592. The van der Waals surface area contributed by atoms with Crippen molar-refractivity contribution in [2.24, 2.45) is 0 Å². The fourth-order valence-corrected chi connectivity index (χ4v) is 3.46. The highest BCUT2D eigenvalue weighted by Crippen LogP contribution is 2.29. The maximum atomic E-state index is 13.1. The summed E-state index contributed by atoms with van der Waals surface area (Å²) in [6.45, 7) is 0. The van der Waals surface area contributed by atoms with Crippen molar-refractivity contribution in [1.82, 2.24) is 0 Å². The van der Waals surface area contributed by atoms with Gasteiger partial charge in [0.25, 0.3) is 0 Å². The van der Waals surface area contributed by atoms with Gasteiger partial charge in [0.15, 0.2) is 0 Å². The van der Waals surface area contributed by atoms with Gasteiger partial charge in [0.05, 0.1) is 16.7 Å². The lowest BCUT2D eigenvalue weighted by Crippen LogP contribution is -2.31. The predicted octanol–water partition coefficient (Wildman–Crippen LogP) is 2.83. The van der Waals surface area contributed by atoms with Gasteiger partial charge in [-0.15, -0.1) is 11.8 Å². The second-order valence-corrected chi connectivity index (χ2v) is 6.66. The number of hydrogen-bond donors (Lipinski definition) is 1. The smallest absolute Gasteiger partial charge is 0.247 e. The largest absolute Gasteiger partial charge is 0.325 e. The molecule has 0 spiro atoms. The van der Waals surface area contributed by atoms with Crippen LogP contribution in [0.25, 0.3) is 0 Å². The van der Waals surface area contributed by atoms with E-state index in [0.29, 0.717) is 11.4 Å². The molecule has 1 aliphatic heterocycles. The van der Waals surface area contributed by atoms with Crippen LogP contribution in [0.5, 0.6) is 0 Å². The fraction of sp³-hybridized carbons (Fsp3) is 0.167. The first-order valence-corrected chi connectivity index (χ1v) is 8.68. The molecular formula is C18H15FN2O3S. The summed E-state index contributed by atoms with van der Waals surface area (Å²) in [5.74, 6) is -1.39. The quantitative estimate of drug-likeness (QED) is 0.835. The lowest BCUT2D eigenvalue weighted by Gasteiger charge is -2.14. The summed E-state index contributed by atoms with van der Waals surface area (Å²) in [6, 6.07) is 14.3. The van der Waals surface area contributed by atoms with E-state index in [9.17, 15) is 18.8 Å². The molecule has 1 fully saturated rings.